The molecule has 0 aliphatic rings. The summed E-state index contributed by atoms with van der Waals surface area (Å²) in [6.07, 6.45) is 42.0. The molecule has 1 heteroatoms. The molecule has 2 N–H and O–H groups in total. The van der Waals surface area contributed by atoms with Crippen molar-refractivity contribution >= 4 is 0 Å². The number of benzene rings is 1. The van der Waals surface area contributed by atoms with E-state index >= 15 is 0 Å². The molecule has 0 heterocycles. The molecule has 240 valence electrons. The summed E-state index contributed by atoms with van der Waals surface area (Å²) >= 11 is 0. The van der Waals surface area contributed by atoms with Gasteiger partial charge in [0.2, 0.25) is 0 Å². The van der Waals surface area contributed by atoms with Crippen LogP contribution in [-0.2, 0) is 12.0 Å². The second-order valence-electron chi connectivity index (χ2n) is 13.8. The molecule has 1 nitrogen and oxygen atoms in total. The summed E-state index contributed by atoms with van der Waals surface area (Å²) in [5.74, 6) is 0. The predicted molar refractivity (Wildman–Crippen MR) is 187 cm³/mol. The van der Waals surface area contributed by atoms with Crippen LogP contribution in [0, 0.1) is 0 Å². The highest BCUT2D eigenvalue weighted by Crippen LogP contribution is 2.29. The Kier molecular flexibility index (Phi) is 26.1. The third kappa shape index (κ3) is 22.4. The molecule has 0 aromatic heterocycles. The molecule has 0 spiro atoms. The topological polar surface area (TPSA) is 26.0 Å². The molecule has 0 bridgehead atoms. The monoisotopic (exact) mass is 570 g/mol. The minimum Gasteiger partial charge on any atom is -0.322 e. The summed E-state index contributed by atoms with van der Waals surface area (Å²) in [6.45, 7) is 6.88. The summed E-state index contributed by atoms with van der Waals surface area (Å²) in [7, 11) is 0. The molecule has 0 amide bonds. The van der Waals surface area contributed by atoms with Crippen LogP contribution in [0.4, 0.5) is 0 Å². The van der Waals surface area contributed by atoms with Gasteiger partial charge in [-0.05, 0) is 37.3 Å². The summed E-state index contributed by atoms with van der Waals surface area (Å²) < 4.78 is 0. The molecule has 1 rings (SSSR count). The fourth-order valence-corrected chi connectivity index (χ4v) is 6.63. The van der Waals surface area contributed by atoms with Gasteiger partial charge in [-0.15, -0.1) is 0 Å². The highest BCUT2D eigenvalue weighted by Gasteiger charge is 2.23. The van der Waals surface area contributed by atoms with Crippen molar-refractivity contribution in [2.45, 2.75) is 219 Å². The van der Waals surface area contributed by atoms with Gasteiger partial charge < -0.3 is 5.73 Å². The molecule has 1 unspecified atom stereocenters. The molecule has 0 saturated heterocycles. The summed E-state index contributed by atoms with van der Waals surface area (Å²) in [6, 6.07) is 9.06. The van der Waals surface area contributed by atoms with E-state index in [0.717, 1.165) is 6.42 Å². The van der Waals surface area contributed by atoms with Crippen molar-refractivity contribution in [1.82, 2.24) is 0 Å². The van der Waals surface area contributed by atoms with E-state index < -0.39 is 0 Å². The molecule has 0 saturated carbocycles. The average Bonchev–Trinajstić information content (AvgIpc) is 2.97. The Morgan fingerprint density at radius 1 is 0.439 bits per heavy atom. The lowest BCUT2D eigenvalue weighted by atomic mass is 9.83. The number of unbranched alkanes of at least 4 members (excludes halogenated alkanes) is 26. The maximum atomic E-state index is 6.94. The smallest absolute Gasteiger partial charge is 0.0383 e. The average molecular weight is 570 g/mol. The van der Waals surface area contributed by atoms with Crippen LogP contribution in [0.1, 0.15) is 218 Å². The molecule has 0 radical (unpaired) electrons. The second-order valence-corrected chi connectivity index (χ2v) is 13.8. The van der Waals surface area contributed by atoms with Gasteiger partial charge in [0.25, 0.3) is 0 Å². The molecule has 1 aromatic carbocycles. The number of aryl methyl sites for hydroxylation is 1. The van der Waals surface area contributed by atoms with E-state index in [1.165, 1.54) is 197 Å². The molecule has 1 aromatic rings. The zero-order chi connectivity index (χ0) is 29.7. The lowest BCUT2D eigenvalue weighted by molar-refractivity contribution is 0.416. The molecule has 0 fully saturated rings. The maximum absolute atomic E-state index is 6.94. The predicted octanol–water partition coefficient (Wildman–Crippen LogP) is 13.8. The molecule has 0 aliphatic heterocycles. The van der Waals surface area contributed by atoms with Crippen LogP contribution >= 0.6 is 0 Å². The van der Waals surface area contributed by atoms with E-state index in [2.05, 4.69) is 45.0 Å². The molecule has 0 aliphatic carbocycles. The zero-order valence-corrected chi connectivity index (χ0v) is 28.6. The first-order chi connectivity index (χ1) is 20.1. The van der Waals surface area contributed by atoms with Crippen molar-refractivity contribution in [3.8, 4) is 0 Å². The van der Waals surface area contributed by atoms with Gasteiger partial charge in [0, 0.05) is 5.54 Å². The van der Waals surface area contributed by atoms with E-state index in [0.29, 0.717) is 0 Å². The fraction of sp³-hybridized carbons (Fsp3) is 0.850. The number of rotatable bonds is 31. The van der Waals surface area contributed by atoms with Crippen molar-refractivity contribution < 1.29 is 0 Å². The summed E-state index contributed by atoms with van der Waals surface area (Å²) in [5.41, 5.74) is 9.65. The molecule has 1 atom stereocenters. The first-order valence-corrected chi connectivity index (χ1v) is 19.0. The van der Waals surface area contributed by atoms with E-state index in [4.69, 9.17) is 5.73 Å². The maximum Gasteiger partial charge on any atom is 0.0383 e. The quantitative estimate of drug-likeness (QED) is 0.0884. The molecule has 41 heavy (non-hydrogen) atoms. The summed E-state index contributed by atoms with van der Waals surface area (Å²) in [4.78, 5) is 0. The van der Waals surface area contributed by atoms with Gasteiger partial charge >= 0.3 is 0 Å². The molecular weight excluding hydrogens is 494 g/mol. The van der Waals surface area contributed by atoms with Crippen molar-refractivity contribution in [1.29, 1.82) is 0 Å². The third-order valence-electron chi connectivity index (χ3n) is 9.48. The highest BCUT2D eigenvalue weighted by molar-refractivity contribution is 5.33. The van der Waals surface area contributed by atoms with Gasteiger partial charge in [0.1, 0.15) is 0 Å². The van der Waals surface area contributed by atoms with Crippen LogP contribution in [0.5, 0.6) is 0 Å². The third-order valence-corrected chi connectivity index (χ3v) is 9.48. The van der Waals surface area contributed by atoms with Crippen LogP contribution < -0.4 is 5.73 Å². The van der Waals surface area contributed by atoms with Crippen LogP contribution in [0.15, 0.2) is 24.3 Å². The second kappa shape index (κ2) is 28.0. The van der Waals surface area contributed by atoms with Crippen molar-refractivity contribution in [2.24, 2.45) is 5.73 Å². The van der Waals surface area contributed by atoms with Gasteiger partial charge in [-0.25, -0.2) is 0 Å². The van der Waals surface area contributed by atoms with E-state index in [9.17, 15) is 0 Å². The number of nitrogens with two attached hydrogens (primary N) is 1. The highest BCUT2D eigenvalue weighted by atomic mass is 14.7. The Morgan fingerprint density at radius 2 is 0.756 bits per heavy atom. The van der Waals surface area contributed by atoms with Gasteiger partial charge in [0.15, 0.2) is 0 Å². The van der Waals surface area contributed by atoms with Crippen LogP contribution in [0.25, 0.3) is 0 Å². The van der Waals surface area contributed by atoms with Crippen LogP contribution in [0.3, 0.4) is 0 Å². The number of hydrogen-bond donors (Lipinski definition) is 1. The van der Waals surface area contributed by atoms with Crippen molar-refractivity contribution in [3.63, 3.8) is 0 Å². The van der Waals surface area contributed by atoms with E-state index in [1.807, 2.05) is 0 Å². The molecular formula is C40H75N. The largest absolute Gasteiger partial charge is 0.322 e. The zero-order valence-electron chi connectivity index (χ0n) is 28.6. The normalized spacial score (nSPS) is 13.1. The first kappa shape index (κ1) is 38.2. The van der Waals surface area contributed by atoms with Crippen LogP contribution in [0.2, 0.25) is 0 Å². The number of hydrogen-bond acceptors (Lipinski definition) is 1. The van der Waals surface area contributed by atoms with Crippen molar-refractivity contribution in [2.75, 3.05) is 0 Å². The Labute approximate surface area is 259 Å². The minimum atomic E-state index is -0.191. The Balaban J connectivity index is 2.06. The SMILES string of the molecule is CCCCCCCCCCCCCCCCc1ccccc1C(C)(N)CCCCCCCCCCCCCCCC. The van der Waals surface area contributed by atoms with Gasteiger partial charge in [-0.2, -0.15) is 0 Å². The minimum absolute atomic E-state index is 0.191. The Hall–Kier alpha value is -0.820. The van der Waals surface area contributed by atoms with Gasteiger partial charge in [-0.3, -0.25) is 0 Å². The van der Waals surface area contributed by atoms with E-state index in [-0.39, 0.29) is 5.54 Å². The van der Waals surface area contributed by atoms with Gasteiger partial charge in [0.05, 0.1) is 0 Å². The van der Waals surface area contributed by atoms with Crippen molar-refractivity contribution in [3.05, 3.63) is 35.4 Å². The lowest BCUT2D eigenvalue weighted by Gasteiger charge is -2.28. The standard InChI is InChI=1S/C40H75N/c1-4-6-8-10-12-14-16-18-20-22-24-26-28-30-34-38-35-31-32-36-39(38)40(3,41)37-33-29-27-25-23-21-19-17-15-13-11-9-7-5-2/h31-32,35-36H,4-30,33-34,37,41H2,1-3H3. The Bertz CT molecular complexity index is 663. The fourth-order valence-electron chi connectivity index (χ4n) is 6.63. The Morgan fingerprint density at radius 3 is 1.15 bits per heavy atom. The summed E-state index contributed by atoms with van der Waals surface area (Å²) in [5, 5.41) is 0. The van der Waals surface area contributed by atoms with Crippen LogP contribution in [-0.4, -0.2) is 0 Å². The van der Waals surface area contributed by atoms with Gasteiger partial charge in [-0.1, -0.05) is 211 Å². The van der Waals surface area contributed by atoms with E-state index in [1.54, 1.807) is 0 Å². The first-order valence-electron chi connectivity index (χ1n) is 19.0. The lowest BCUT2D eigenvalue weighted by Crippen LogP contribution is -2.34.